The van der Waals surface area contributed by atoms with Crippen molar-refractivity contribution >= 4 is 5.91 Å². The van der Waals surface area contributed by atoms with Crippen LogP contribution in [0.1, 0.15) is 46.2 Å². The molecule has 0 fully saturated rings. The molecule has 1 aromatic carbocycles. The minimum Gasteiger partial charge on any atom is -0.342 e. The maximum absolute atomic E-state index is 12.8. The molecule has 1 atom stereocenters. The molecule has 1 aliphatic carbocycles. The summed E-state index contributed by atoms with van der Waals surface area (Å²) in [5.74, 6) is -0.160. The molecular formula is C20H21N5O. The van der Waals surface area contributed by atoms with Crippen LogP contribution in [-0.4, -0.2) is 25.7 Å². The zero-order valence-electron chi connectivity index (χ0n) is 14.5. The topological polar surface area (TPSA) is 72.7 Å². The van der Waals surface area contributed by atoms with Crippen molar-refractivity contribution in [1.29, 1.82) is 0 Å². The molecule has 132 valence electrons. The predicted octanol–water partition coefficient (Wildman–Crippen LogP) is 2.72. The van der Waals surface area contributed by atoms with E-state index >= 15 is 0 Å². The summed E-state index contributed by atoms with van der Waals surface area (Å²) >= 11 is 0. The van der Waals surface area contributed by atoms with Crippen LogP contribution >= 0.6 is 0 Å². The first kappa shape index (κ1) is 16.4. The maximum Gasteiger partial charge on any atom is 0.270 e. The number of nitrogens with zero attached hydrogens (tertiary/aromatic N) is 4. The lowest BCUT2D eigenvalue weighted by Crippen LogP contribution is -2.32. The Morgan fingerprint density at radius 1 is 1.12 bits per heavy atom. The van der Waals surface area contributed by atoms with E-state index in [1.54, 1.807) is 11.0 Å². The monoisotopic (exact) mass is 347 g/mol. The van der Waals surface area contributed by atoms with Crippen LogP contribution in [0.3, 0.4) is 0 Å². The van der Waals surface area contributed by atoms with Gasteiger partial charge in [-0.2, -0.15) is 5.10 Å². The molecule has 1 amide bonds. The first-order chi connectivity index (χ1) is 12.8. The summed E-state index contributed by atoms with van der Waals surface area (Å²) in [6.45, 7) is 0.515. The zero-order valence-corrected chi connectivity index (χ0v) is 14.5. The highest BCUT2D eigenvalue weighted by Gasteiger charge is 2.19. The summed E-state index contributed by atoms with van der Waals surface area (Å²) in [6, 6.07) is 13.6. The summed E-state index contributed by atoms with van der Waals surface area (Å²) in [5.41, 5.74) is 3.84. The van der Waals surface area contributed by atoms with E-state index < -0.39 is 0 Å². The Bertz CT molecular complexity index is 876. The van der Waals surface area contributed by atoms with Crippen molar-refractivity contribution in [3.05, 3.63) is 77.6 Å². The summed E-state index contributed by atoms with van der Waals surface area (Å²) in [4.78, 5) is 21.4. The van der Waals surface area contributed by atoms with Gasteiger partial charge in [-0.25, -0.2) is 9.97 Å². The van der Waals surface area contributed by atoms with Crippen LogP contribution in [-0.2, 0) is 19.4 Å². The number of hydrogen-bond acceptors (Lipinski definition) is 4. The van der Waals surface area contributed by atoms with Gasteiger partial charge in [0.2, 0.25) is 0 Å². The van der Waals surface area contributed by atoms with Crippen LogP contribution in [0.25, 0.3) is 0 Å². The van der Waals surface area contributed by atoms with E-state index in [1.165, 1.54) is 18.3 Å². The molecule has 1 aliphatic rings. The zero-order chi connectivity index (χ0) is 17.8. The number of nitrogens with one attached hydrogen (secondary N) is 1. The number of benzene rings is 1. The van der Waals surface area contributed by atoms with Crippen molar-refractivity contribution in [1.82, 2.24) is 25.1 Å². The maximum atomic E-state index is 12.8. The van der Waals surface area contributed by atoms with Gasteiger partial charge in [0.05, 0.1) is 12.6 Å². The first-order valence-electron chi connectivity index (χ1n) is 8.96. The van der Waals surface area contributed by atoms with Crippen LogP contribution < -0.4 is 5.32 Å². The predicted molar refractivity (Wildman–Crippen MR) is 97.6 cm³/mol. The second kappa shape index (κ2) is 7.47. The SMILES string of the molecule is O=C(N[C@@H](Cn1cncn1)c1ccccc1)c1ccc2c(n1)CCCC2. The summed E-state index contributed by atoms with van der Waals surface area (Å²) in [6.07, 6.45) is 7.51. The summed E-state index contributed by atoms with van der Waals surface area (Å²) in [7, 11) is 0. The van der Waals surface area contributed by atoms with Crippen molar-refractivity contribution in [2.24, 2.45) is 0 Å². The third kappa shape index (κ3) is 3.64. The number of carbonyl (C=O) groups excluding carboxylic acids is 1. The second-order valence-electron chi connectivity index (χ2n) is 6.56. The number of carbonyl (C=O) groups is 1. The van der Waals surface area contributed by atoms with Gasteiger partial charge in [-0.1, -0.05) is 36.4 Å². The Morgan fingerprint density at radius 3 is 2.77 bits per heavy atom. The van der Waals surface area contributed by atoms with Gasteiger partial charge >= 0.3 is 0 Å². The molecule has 0 unspecified atom stereocenters. The molecule has 2 aromatic heterocycles. The lowest BCUT2D eigenvalue weighted by molar-refractivity contribution is 0.0926. The lowest BCUT2D eigenvalue weighted by Gasteiger charge is -2.20. The van der Waals surface area contributed by atoms with Gasteiger partial charge in [0.25, 0.3) is 5.91 Å². The highest BCUT2D eigenvalue weighted by molar-refractivity contribution is 5.92. The van der Waals surface area contributed by atoms with Crippen molar-refractivity contribution < 1.29 is 4.79 Å². The molecule has 26 heavy (non-hydrogen) atoms. The first-order valence-corrected chi connectivity index (χ1v) is 8.96. The molecule has 6 nitrogen and oxygen atoms in total. The van der Waals surface area contributed by atoms with Crippen molar-refractivity contribution in [3.63, 3.8) is 0 Å². The molecular weight excluding hydrogens is 326 g/mol. The van der Waals surface area contributed by atoms with E-state index in [4.69, 9.17) is 0 Å². The number of amides is 1. The Kier molecular flexibility index (Phi) is 4.73. The molecule has 2 heterocycles. The van der Waals surface area contributed by atoms with Crippen LogP contribution in [0.15, 0.2) is 55.1 Å². The minimum atomic E-state index is -0.205. The van der Waals surface area contributed by atoms with E-state index in [9.17, 15) is 4.79 Å². The largest absolute Gasteiger partial charge is 0.342 e. The Labute approximate surface area is 152 Å². The average Bonchev–Trinajstić information content (AvgIpc) is 3.21. The molecule has 0 bridgehead atoms. The van der Waals surface area contributed by atoms with E-state index in [-0.39, 0.29) is 11.9 Å². The number of rotatable bonds is 5. The smallest absolute Gasteiger partial charge is 0.270 e. The van der Waals surface area contributed by atoms with Crippen molar-refractivity contribution in [3.8, 4) is 0 Å². The molecule has 1 N–H and O–H groups in total. The van der Waals surface area contributed by atoms with Gasteiger partial charge in [-0.05, 0) is 42.9 Å². The third-order valence-electron chi connectivity index (χ3n) is 4.75. The van der Waals surface area contributed by atoms with Crippen LogP contribution in [0.4, 0.5) is 0 Å². The van der Waals surface area contributed by atoms with Gasteiger partial charge < -0.3 is 5.32 Å². The molecule has 6 heteroatoms. The Morgan fingerprint density at radius 2 is 1.96 bits per heavy atom. The third-order valence-corrected chi connectivity index (χ3v) is 4.75. The number of hydrogen-bond donors (Lipinski definition) is 1. The molecule has 3 aromatic rings. The summed E-state index contributed by atoms with van der Waals surface area (Å²) < 4.78 is 1.72. The fraction of sp³-hybridized carbons (Fsp3) is 0.300. The fourth-order valence-corrected chi connectivity index (χ4v) is 3.37. The number of pyridine rings is 1. The molecule has 4 rings (SSSR count). The molecule has 0 aliphatic heterocycles. The van der Waals surface area contributed by atoms with Gasteiger partial charge in [0.1, 0.15) is 18.3 Å². The van der Waals surface area contributed by atoms with Crippen molar-refractivity contribution in [2.75, 3.05) is 0 Å². The number of aromatic nitrogens is 4. The number of fused-ring (bicyclic) bond motifs is 1. The molecule has 0 saturated carbocycles. The van der Waals surface area contributed by atoms with E-state index in [0.29, 0.717) is 12.2 Å². The van der Waals surface area contributed by atoms with Crippen LogP contribution in [0.5, 0.6) is 0 Å². The van der Waals surface area contributed by atoms with E-state index in [0.717, 1.165) is 30.5 Å². The lowest BCUT2D eigenvalue weighted by atomic mass is 9.96. The number of aryl methyl sites for hydroxylation is 2. The summed E-state index contributed by atoms with van der Waals surface area (Å²) in [5, 5.41) is 7.26. The van der Waals surface area contributed by atoms with Gasteiger partial charge in [0, 0.05) is 5.69 Å². The standard InChI is InChI=1S/C20H21N5O/c26-20(18-11-10-16-8-4-5-9-17(16)23-18)24-19(12-25-14-21-13-22-25)15-6-2-1-3-7-15/h1-3,6-7,10-11,13-14,19H,4-5,8-9,12H2,(H,24,26)/t19-/m0/s1. The van der Waals surface area contributed by atoms with E-state index in [2.05, 4.69) is 20.4 Å². The van der Waals surface area contributed by atoms with Crippen molar-refractivity contribution in [2.45, 2.75) is 38.3 Å². The van der Waals surface area contributed by atoms with Crippen LogP contribution in [0.2, 0.25) is 0 Å². The quantitative estimate of drug-likeness (QED) is 0.770. The van der Waals surface area contributed by atoms with Gasteiger partial charge in [-0.15, -0.1) is 0 Å². The average molecular weight is 347 g/mol. The Balaban J connectivity index is 1.56. The molecule has 0 spiro atoms. The molecule has 0 radical (unpaired) electrons. The van der Waals surface area contributed by atoms with Gasteiger partial charge in [0.15, 0.2) is 0 Å². The highest BCUT2D eigenvalue weighted by Crippen LogP contribution is 2.20. The molecule has 0 saturated heterocycles. The Hall–Kier alpha value is -3.02. The second-order valence-corrected chi connectivity index (χ2v) is 6.56. The van der Waals surface area contributed by atoms with Crippen LogP contribution in [0, 0.1) is 0 Å². The normalized spacial score (nSPS) is 14.5. The van der Waals surface area contributed by atoms with E-state index in [1.807, 2.05) is 42.5 Å². The minimum absolute atomic E-state index is 0.160. The van der Waals surface area contributed by atoms with Gasteiger partial charge in [-0.3, -0.25) is 9.48 Å². The highest BCUT2D eigenvalue weighted by atomic mass is 16.1. The fourth-order valence-electron chi connectivity index (χ4n) is 3.37.